The molecule has 24 heavy (non-hydrogen) atoms. The third-order valence-corrected chi connectivity index (χ3v) is 3.99. The van der Waals surface area contributed by atoms with E-state index in [-0.39, 0.29) is 6.54 Å². The first-order valence-corrected chi connectivity index (χ1v) is 9.33. The van der Waals surface area contributed by atoms with E-state index in [0.717, 1.165) is 32.2 Å². The monoisotopic (exact) mass is 352 g/mol. The summed E-state index contributed by atoms with van der Waals surface area (Å²) in [7, 11) is -3.54. The molecule has 0 spiro atoms. The van der Waals surface area contributed by atoms with Crippen LogP contribution in [0.1, 0.15) is 28.8 Å². The molecule has 9 heteroatoms. The number of hydrogen-bond acceptors (Lipinski definition) is 4. The van der Waals surface area contributed by atoms with E-state index in [1.54, 1.807) is 24.3 Å². The zero-order chi connectivity index (χ0) is 17.7. The van der Waals surface area contributed by atoms with Crippen LogP contribution in [0.2, 0.25) is 0 Å². The summed E-state index contributed by atoms with van der Waals surface area (Å²) in [6.45, 7) is 1.25. The van der Waals surface area contributed by atoms with Crippen molar-refractivity contribution in [2.45, 2.75) is 12.8 Å². The van der Waals surface area contributed by atoms with E-state index in [0.29, 0.717) is 17.0 Å². The maximum atomic E-state index is 11.9. The molecule has 0 bridgehead atoms. The van der Waals surface area contributed by atoms with Gasteiger partial charge in [0, 0.05) is 24.2 Å². The fraction of sp³-hybridized carbons (Fsp3) is 0.400. The van der Waals surface area contributed by atoms with Gasteiger partial charge in [0.1, 0.15) is 5.84 Å². The average Bonchev–Trinajstić information content (AvgIpc) is 3.04. The third-order valence-electron chi connectivity index (χ3n) is 3.49. The summed E-state index contributed by atoms with van der Waals surface area (Å²) >= 11 is 0. The van der Waals surface area contributed by atoms with Gasteiger partial charge in [-0.15, -0.1) is 4.40 Å². The van der Waals surface area contributed by atoms with Crippen molar-refractivity contribution in [2.24, 2.45) is 10.1 Å². The fourth-order valence-corrected chi connectivity index (χ4v) is 2.95. The van der Waals surface area contributed by atoms with Crippen LogP contribution in [0.4, 0.5) is 0 Å². The van der Waals surface area contributed by atoms with Crippen molar-refractivity contribution < 1.29 is 18.0 Å². The maximum absolute atomic E-state index is 11.9. The molecule has 2 amide bonds. The maximum Gasteiger partial charge on any atom is 0.252 e. The number of amides is 2. The molecule has 130 valence electrons. The van der Waals surface area contributed by atoms with E-state index in [4.69, 9.17) is 5.73 Å². The highest BCUT2D eigenvalue weighted by atomic mass is 32.2. The summed E-state index contributed by atoms with van der Waals surface area (Å²) in [6.07, 6.45) is 3.02. The second kappa shape index (κ2) is 7.43. The van der Waals surface area contributed by atoms with Gasteiger partial charge in [0.25, 0.3) is 15.9 Å². The summed E-state index contributed by atoms with van der Waals surface area (Å²) in [5, 5.41) is 2.39. The van der Waals surface area contributed by atoms with Crippen LogP contribution < -0.4 is 11.1 Å². The van der Waals surface area contributed by atoms with Crippen molar-refractivity contribution in [3.63, 3.8) is 0 Å². The Balaban J connectivity index is 2.24. The standard InChI is InChI=1S/C15H20N4O4S/c1-24(22,23)18-14(19-8-2-3-9-19)11-4-6-12(7-5-11)15(21)17-10-13(16)20/h4-7H,2-3,8-10H2,1H3,(H2,16,20)(H,17,21). The smallest absolute Gasteiger partial charge is 0.252 e. The molecular weight excluding hydrogens is 332 g/mol. The van der Waals surface area contributed by atoms with E-state index in [9.17, 15) is 18.0 Å². The quantitative estimate of drug-likeness (QED) is 0.557. The molecule has 1 saturated heterocycles. The Bertz CT molecular complexity index is 750. The number of carbonyl (C=O) groups is 2. The van der Waals surface area contributed by atoms with E-state index in [2.05, 4.69) is 9.71 Å². The fourth-order valence-electron chi connectivity index (χ4n) is 2.42. The number of likely N-dealkylation sites (tertiary alicyclic amines) is 1. The van der Waals surface area contributed by atoms with Crippen LogP contribution >= 0.6 is 0 Å². The summed E-state index contributed by atoms with van der Waals surface area (Å²) in [5.74, 6) is -0.668. The molecule has 1 aliphatic rings. The number of benzene rings is 1. The van der Waals surface area contributed by atoms with Crippen LogP contribution in [0.25, 0.3) is 0 Å². The van der Waals surface area contributed by atoms with Crippen molar-refractivity contribution in [3.05, 3.63) is 35.4 Å². The predicted octanol–water partition coefficient (Wildman–Crippen LogP) is -0.296. The minimum atomic E-state index is -3.54. The van der Waals surface area contributed by atoms with Crippen LogP contribution in [0.5, 0.6) is 0 Å². The van der Waals surface area contributed by atoms with E-state index in [1.165, 1.54) is 0 Å². The summed E-state index contributed by atoms with van der Waals surface area (Å²) < 4.78 is 27.0. The Morgan fingerprint density at radius 1 is 1.17 bits per heavy atom. The minimum Gasteiger partial charge on any atom is -0.368 e. The lowest BCUT2D eigenvalue weighted by Gasteiger charge is -2.20. The molecule has 1 aromatic rings. The molecule has 3 N–H and O–H groups in total. The van der Waals surface area contributed by atoms with Crippen molar-refractivity contribution in [2.75, 3.05) is 25.9 Å². The van der Waals surface area contributed by atoms with Gasteiger partial charge < -0.3 is 16.0 Å². The number of nitrogens with one attached hydrogen (secondary N) is 1. The summed E-state index contributed by atoms with van der Waals surface area (Å²) in [6, 6.07) is 6.39. The lowest BCUT2D eigenvalue weighted by molar-refractivity contribution is -0.117. The highest BCUT2D eigenvalue weighted by molar-refractivity contribution is 7.89. The van der Waals surface area contributed by atoms with Gasteiger partial charge in [-0.05, 0) is 25.0 Å². The van der Waals surface area contributed by atoms with Crippen LogP contribution in [-0.2, 0) is 14.8 Å². The van der Waals surface area contributed by atoms with Crippen LogP contribution in [-0.4, -0.2) is 56.9 Å². The largest absolute Gasteiger partial charge is 0.368 e. The Labute approximate surface area is 140 Å². The SMILES string of the molecule is CS(=O)(=O)N=C(c1ccc(C(=O)NCC(N)=O)cc1)N1CCCC1. The van der Waals surface area contributed by atoms with Crippen molar-refractivity contribution in [1.82, 2.24) is 10.2 Å². The number of nitrogens with zero attached hydrogens (tertiary/aromatic N) is 2. The highest BCUT2D eigenvalue weighted by Crippen LogP contribution is 2.16. The van der Waals surface area contributed by atoms with Crippen molar-refractivity contribution in [1.29, 1.82) is 0 Å². The second-order valence-corrected chi connectivity index (χ2v) is 7.22. The molecule has 0 saturated carbocycles. The zero-order valence-electron chi connectivity index (χ0n) is 13.4. The van der Waals surface area contributed by atoms with Gasteiger partial charge in [-0.2, -0.15) is 0 Å². The van der Waals surface area contributed by atoms with Crippen LogP contribution in [0.15, 0.2) is 28.7 Å². The number of amidine groups is 1. The normalized spacial score (nSPS) is 15.4. The van der Waals surface area contributed by atoms with Gasteiger partial charge in [0.15, 0.2) is 0 Å². The van der Waals surface area contributed by atoms with Crippen molar-refractivity contribution in [3.8, 4) is 0 Å². The summed E-state index contributed by atoms with van der Waals surface area (Å²) in [5.41, 5.74) is 5.95. The number of primary amides is 1. The van der Waals surface area contributed by atoms with E-state index in [1.807, 2.05) is 4.90 Å². The van der Waals surface area contributed by atoms with Crippen molar-refractivity contribution >= 4 is 27.7 Å². The molecule has 0 radical (unpaired) electrons. The molecule has 1 aliphatic heterocycles. The third kappa shape index (κ3) is 5.05. The number of sulfonamides is 1. The molecule has 0 atom stereocenters. The first-order chi connectivity index (χ1) is 11.3. The Hall–Kier alpha value is -2.42. The zero-order valence-corrected chi connectivity index (χ0v) is 14.2. The molecule has 0 aromatic heterocycles. The number of rotatable bonds is 5. The topological polar surface area (TPSA) is 122 Å². The van der Waals surface area contributed by atoms with Gasteiger partial charge in [-0.3, -0.25) is 9.59 Å². The molecule has 0 aliphatic carbocycles. The molecule has 1 fully saturated rings. The molecule has 1 heterocycles. The lowest BCUT2D eigenvalue weighted by atomic mass is 10.1. The molecule has 8 nitrogen and oxygen atoms in total. The second-order valence-electron chi connectivity index (χ2n) is 5.57. The Morgan fingerprint density at radius 2 is 1.71 bits per heavy atom. The number of nitrogens with two attached hydrogens (primary N) is 1. The minimum absolute atomic E-state index is 0.241. The van der Waals surface area contributed by atoms with E-state index < -0.39 is 21.8 Å². The number of hydrogen-bond donors (Lipinski definition) is 2. The highest BCUT2D eigenvalue weighted by Gasteiger charge is 2.20. The van der Waals surface area contributed by atoms with Gasteiger partial charge in [0.05, 0.1) is 12.8 Å². The predicted molar refractivity (Wildman–Crippen MR) is 90.2 cm³/mol. The first kappa shape index (κ1) is 17.9. The van der Waals surface area contributed by atoms with Gasteiger partial charge in [-0.1, -0.05) is 12.1 Å². The number of carbonyl (C=O) groups excluding carboxylic acids is 2. The molecular formula is C15H20N4O4S. The first-order valence-electron chi connectivity index (χ1n) is 7.48. The van der Waals surface area contributed by atoms with Crippen LogP contribution in [0, 0.1) is 0 Å². The lowest BCUT2D eigenvalue weighted by Crippen LogP contribution is -2.33. The van der Waals surface area contributed by atoms with Gasteiger partial charge >= 0.3 is 0 Å². The summed E-state index contributed by atoms with van der Waals surface area (Å²) in [4.78, 5) is 24.5. The molecule has 1 aromatic carbocycles. The van der Waals surface area contributed by atoms with Gasteiger partial charge in [0.2, 0.25) is 5.91 Å². The molecule has 2 rings (SSSR count). The Morgan fingerprint density at radius 3 is 2.21 bits per heavy atom. The van der Waals surface area contributed by atoms with E-state index >= 15 is 0 Å². The molecule has 0 unspecified atom stereocenters. The van der Waals surface area contributed by atoms with Gasteiger partial charge in [-0.25, -0.2) is 8.42 Å². The average molecular weight is 352 g/mol. The Kier molecular flexibility index (Phi) is 5.55. The van der Waals surface area contributed by atoms with Crippen LogP contribution in [0.3, 0.4) is 0 Å².